The van der Waals surface area contributed by atoms with Crippen LogP contribution in [0.4, 0.5) is 0 Å². The van der Waals surface area contributed by atoms with Gasteiger partial charge in [0.05, 0.1) is 11.3 Å². The van der Waals surface area contributed by atoms with Crippen LogP contribution in [0.1, 0.15) is 44.0 Å². The lowest BCUT2D eigenvalue weighted by Gasteiger charge is -2.18. The van der Waals surface area contributed by atoms with E-state index in [0.29, 0.717) is 17.5 Å². The SMILES string of the molecule is CCCC(C)(N)c1nc(CSc2cccc(C)c2)no1. The molecule has 0 saturated heterocycles. The summed E-state index contributed by atoms with van der Waals surface area (Å²) in [7, 11) is 0. The Morgan fingerprint density at radius 1 is 1.40 bits per heavy atom. The summed E-state index contributed by atoms with van der Waals surface area (Å²) in [5, 5.41) is 4.02. The lowest BCUT2D eigenvalue weighted by molar-refractivity contribution is 0.282. The van der Waals surface area contributed by atoms with Crippen LogP contribution in [0, 0.1) is 6.92 Å². The molecule has 1 aromatic heterocycles. The van der Waals surface area contributed by atoms with Crippen LogP contribution in [0.2, 0.25) is 0 Å². The minimum absolute atomic E-state index is 0.527. The molecule has 2 aromatic rings. The molecule has 0 fully saturated rings. The maximum absolute atomic E-state index is 6.19. The van der Waals surface area contributed by atoms with Gasteiger partial charge in [-0.2, -0.15) is 4.98 Å². The van der Waals surface area contributed by atoms with E-state index in [9.17, 15) is 0 Å². The summed E-state index contributed by atoms with van der Waals surface area (Å²) in [6.45, 7) is 6.11. The molecule has 2 N–H and O–H groups in total. The third-order valence-electron chi connectivity index (χ3n) is 3.08. The topological polar surface area (TPSA) is 64.9 Å². The first-order valence-electron chi connectivity index (χ1n) is 6.82. The highest BCUT2D eigenvalue weighted by Gasteiger charge is 2.27. The van der Waals surface area contributed by atoms with Crippen molar-refractivity contribution in [2.75, 3.05) is 0 Å². The maximum Gasteiger partial charge on any atom is 0.246 e. The van der Waals surface area contributed by atoms with Crippen LogP contribution in [0.5, 0.6) is 0 Å². The molecular formula is C15H21N3OS. The van der Waals surface area contributed by atoms with E-state index in [2.05, 4.69) is 48.3 Å². The zero-order valence-electron chi connectivity index (χ0n) is 12.2. The second-order valence-electron chi connectivity index (χ2n) is 5.29. The Labute approximate surface area is 124 Å². The summed E-state index contributed by atoms with van der Waals surface area (Å²) in [4.78, 5) is 5.62. The Balaban J connectivity index is 2.00. The van der Waals surface area contributed by atoms with E-state index < -0.39 is 5.54 Å². The summed E-state index contributed by atoms with van der Waals surface area (Å²) in [5.74, 6) is 1.91. The highest BCUT2D eigenvalue weighted by molar-refractivity contribution is 7.98. The normalized spacial score (nSPS) is 14.2. The molecule has 5 heteroatoms. The van der Waals surface area contributed by atoms with Crippen molar-refractivity contribution in [3.8, 4) is 0 Å². The summed E-state index contributed by atoms with van der Waals surface area (Å²) in [5.41, 5.74) is 6.90. The van der Waals surface area contributed by atoms with Crippen LogP contribution in [-0.2, 0) is 11.3 Å². The molecule has 0 aliphatic carbocycles. The second kappa shape index (κ2) is 6.41. The van der Waals surface area contributed by atoms with Crippen LogP contribution in [0.3, 0.4) is 0 Å². The Bertz CT molecular complexity index is 566. The van der Waals surface area contributed by atoms with Crippen molar-refractivity contribution in [3.05, 3.63) is 41.5 Å². The van der Waals surface area contributed by atoms with Gasteiger partial charge in [0.15, 0.2) is 5.82 Å². The number of rotatable bonds is 6. The predicted molar refractivity (Wildman–Crippen MR) is 81.5 cm³/mol. The summed E-state index contributed by atoms with van der Waals surface area (Å²) < 4.78 is 5.29. The van der Waals surface area contributed by atoms with Gasteiger partial charge in [0.1, 0.15) is 0 Å². The minimum Gasteiger partial charge on any atom is -0.337 e. The first-order chi connectivity index (χ1) is 9.51. The number of aryl methyl sites for hydroxylation is 1. The van der Waals surface area contributed by atoms with Crippen LogP contribution in [0.25, 0.3) is 0 Å². The average molecular weight is 291 g/mol. The lowest BCUT2D eigenvalue weighted by Crippen LogP contribution is -2.33. The van der Waals surface area contributed by atoms with E-state index in [-0.39, 0.29) is 0 Å². The van der Waals surface area contributed by atoms with E-state index in [1.165, 1.54) is 10.5 Å². The van der Waals surface area contributed by atoms with E-state index in [1.807, 2.05) is 6.92 Å². The van der Waals surface area contributed by atoms with Gasteiger partial charge in [-0.05, 0) is 32.4 Å². The zero-order chi connectivity index (χ0) is 14.6. The molecule has 0 bridgehead atoms. The van der Waals surface area contributed by atoms with Crippen molar-refractivity contribution < 1.29 is 4.52 Å². The van der Waals surface area contributed by atoms with E-state index in [4.69, 9.17) is 10.3 Å². The van der Waals surface area contributed by atoms with Gasteiger partial charge >= 0.3 is 0 Å². The summed E-state index contributed by atoms with van der Waals surface area (Å²) in [6.07, 6.45) is 1.82. The summed E-state index contributed by atoms with van der Waals surface area (Å²) >= 11 is 1.70. The largest absolute Gasteiger partial charge is 0.337 e. The fourth-order valence-corrected chi connectivity index (χ4v) is 2.88. The van der Waals surface area contributed by atoms with Gasteiger partial charge in [-0.15, -0.1) is 11.8 Å². The molecule has 4 nitrogen and oxygen atoms in total. The Kier molecular flexibility index (Phi) is 4.83. The van der Waals surface area contributed by atoms with E-state index in [1.54, 1.807) is 11.8 Å². The van der Waals surface area contributed by atoms with Crippen molar-refractivity contribution in [3.63, 3.8) is 0 Å². The highest BCUT2D eigenvalue weighted by atomic mass is 32.2. The van der Waals surface area contributed by atoms with Crippen LogP contribution in [-0.4, -0.2) is 10.1 Å². The number of hydrogen-bond acceptors (Lipinski definition) is 5. The average Bonchev–Trinajstić information content (AvgIpc) is 2.86. The third kappa shape index (κ3) is 3.84. The molecule has 0 aliphatic rings. The second-order valence-corrected chi connectivity index (χ2v) is 6.34. The molecule has 2 rings (SSSR count). The van der Waals surface area contributed by atoms with Crippen LogP contribution in [0.15, 0.2) is 33.7 Å². The molecule has 1 unspecified atom stereocenters. The van der Waals surface area contributed by atoms with Gasteiger partial charge in [-0.3, -0.25) is 0 Å². The highest BCUT2D eigenvalue weighted by Crippen LogP contribution is 2.25. The number of benzene rings is 1. The lowest BCUT2D eigenvalue weighted by atomic mass is 9.98. The zero-order valence-corrected chi connectivity index (χ0v) is 13.0. The fourth-order valence-electron chi connectivity index (χ4n) is 2.02. The quantitative estimate of drug-likeness (QED) is 0.823. The molecule has 1 atom stereocenters. The van der Waals surface area contributed by atoms with Crippen molar-refractivity contribution >= 4 is 11.8 Å². The maximum atomic E-state index is 6.19. The Morgan fingerprint density at radius 2 is 2.20 bits per heavy atom. The van der Waals surface area contributed by atoms with Gasteiger partial charge in [-0.25, -0.2) is 0 Å². The van der Waals surface area contributed by atoms with E-state index in [0.717, 1.165) is 12.8 Å². The molecule has 1 heterocycles. The number of hydrogen-bond donors (Lipinski definition) is 1. The van der Waals surface area contributed by atoms with Gasteiger partial charge in [0, 0.05) is 4.90 Å². The molecule has 0 saturated carbocycles. The molecule has 0 radical (unpaired) electrons. The van der Waals surface area contributed by atoms with Crippen molar-refractivity contribution in [1.29, 1.82) is 0 Å². The summed E-state index contributed by atoms with van der Waals surface area (Å²) in [6, 6.07) is 8.37. The molecule has 0 amide bonds. The van der Waals surface area contributed by atoms with Gasteiger partial charge in [-0.1, -0.05) is 36.2 Å². The van der Waals surface area contributed by atoms with Crippen LogP contribution >= 0.6 is 11.8 Å². The first-order valence-corrected chi connectivity index (χ1v) is 7.81. The number of thioether (sulfide) groups is 1. The molecule has 1 aromatic carbocycles. The predicted octanol–water partition coefficient (Wildman–Crippen LogP) is 3.64. The number of nitrogens with two attached hydrogens (primary N) is 1. The third-order valence-corrected chi connectivity index (χ3v) is 4.07. The fraction of sp³-hybridized carbons (Fsp3) is 0.467. The molecule has 108 valence electrons. The molecule has 0 spiro atoms. The standard InChI is InChI=1S/C15H21N3OS/c1-4-8-15(3,16)14-17-13(18-19-14)10-20-12-7-5-6-11(2)9-12/h5-7,9H,4,8,10,16H2,1-3H3. The first kappa shape index (κ1) is 15.1. The van der Waals surface area contributed by atoms with Gasteiger partial charge in [0.25, 0.3) is 0 Å². The van der Waals surface area contributed by atoms with Gasteiger partial charge < -0.3 is 10.3 Å². The Hall–Kier alpha value is -1.33. The number of nitrogens with zero attached hydrogens (tertiary/aromatic N) is 2. The van der Waals surface area contributed by atoms with E-state index >= 15 is 0 Å². The minimum atomic E-state index is -0.534. The molecular weight excluding hydrogens is 270 g/mol. The van der Waals surface area contributed by atoms with Gasteiger partial charge in [0.2, 0.25) is 5.89 Å². The Morgan fingerprint density at radius 3 is 2.90 bits per heavy atom. The van der Waals surface area contributed by atoms with Crippen molar-refractivity contribution in [2.24, 2.45) is 5.73 Å². The van der Waals surface area contributed by atoms with Crippen molar-refractivity contribution in [1.82, 2.24) is 10.1 Å². The number of aromatic nitrogens is 2. The van der Waals surface area contributed by atoms with Crippen LogP contribution < -0.4 is 5.73 Å². The molecule has 20 heavy (non-hydrogen) atoms. The monoisotopic (exact) mass is 291 g/mol. The van der Waals surface area contributed by atoms with Crippen molar-refractivity contribution in [2.45, 2.75) is 49.8 Å². The smallest absolute Gasteiger partial charge is 0.246 e. The molecule has 0 aliphatic heterocycles.